The summed E-state index contributed by atoms with van der Waals surface area (Å²) in [4.78, 5) is 12.9. The first-order chi connectivity index (χ1) is 11.2. The molecular formula is C18H29ClN2O3. The molecule has 5 nitrogen and oxygen atoms in total. The summed E-state index contributed by atoms with van der Waals surface area (Å²) >= 11 is 0. The molecule has 0 radical (unpaired) electrons. The molecule has 1 amide bonds. The van der Waals surface area contributed by atoms with E-state index in [1.807, 2.05) is 12.1 Å². The zero-order valence-corrected chi connectivity index (χ0v) is 15.4. The van der Waals surface area contributed by atoms with Gasteiger partial charge in [0, 0.05) is 40.0 Å². The van der Waals surface area contributed by atoms with E-state index in [4.69, 9.17) is 9.47 Å². The maximum Gasteiger partial charge on any atom is 0.230 e. The Kier molecular flexibility index (Phi) is 9.29. The molecule has 0 saturated carbocycles. The molecule has 1 heterocycles. The lowest BCUT2D eigenvalue weighted by atomic mass is 9.72. The molecule has 0 bridgehead atoms. The van der Waals surface area contributed by atoms with Gasteiger partial charge in [-0.05, 0) is 30.9 Å². The molecule has 2 rings (SSSR count). The second-order valence-corrected chi connectivity index (χ2v) is 6.01. The number of carbonyl (C=O) groups is 1. The molecule has 1 saturated heterocycles. The largest absolute Gasteiger partial charge is 0.383 e. The molecular weight excluding hydrogens is 328 g/mol. The minimum Gasteiger partial charge on any atom is -0.383 e. The van der Waals surface area contributed by atoms with Crippen molar-refractivity contribution >= 4 is 18.3 Å². The number of aryl methyl sites for hydroxylation is 1. The molecule has 0 aromatic heterocycles. The van der Waals surface area contributed by atoms with Gasteiger partial charge in [-0.15, -0.1) is 12.4 Å². The van der Waals surface area contributed by atoms with Gasteiger partial charge in [-0.1, -0.05) is 24.3 Å². The third kappa shape index (κ3) is 5.18. The van der Waals surface area contributed by atoms with Crippen molar-refractivity contribution in [1.29, 1.82) is 0 Å². The van der Waals surface area contributed by atoms with Crippen LogP contribution in [0.25, 0.3) is 0 Å². The first-order valence-corrected chi connectivity index (χ1v) is 8.32. The standard InChI is InChI=1S/C18H28N2O3.ClH/c1-15-5-3-4-6-16(15)18(7-12-23-13-8-18)17(21)20-10-9-19-11-14-22-2;/h3-6,19H,7-14H2,1-2H3,(H,20,21);1H. The van der Waals surface area contributed by atoms with Crippen molar-refractivity contribution in [2.45, 2.75) is 25.2 Å². The van der Waals surface area contributed by atoms with Crippen LogP contribution in [0.5, 0.6) is 0 Å². The summed E-state index contributed by atoms with van der Waals surface area (Å²) in [6, 6.07) is 8.19. The molecule has 1 fully saturated rings. The predicted molar refractivity (Wildman–Crippen MR) is 97.9 cm³/mol. The van der Waals surface area contributed by atoms with Gasteiger partial charge in [-0.2, -0.15) is 0 Å². The smallest absolute Gasteiger partial charge is 0.230 e. The van der Waals surface area contributed by atoms with Crippen LogP contribution in [0.4, 0.5) is 0 Å². The van der Waals surface area contributed by atoms with Crippen LogP contribution in [0, 0.1) is 6.92 Å². The third-order valence-corrected chi connectivity index (χ3v) is 4.51. The van der Waals surface area contributed by atoms with Crippen LogP contribution in [0.2, 0.25) is 0 Å². The number of nitrogens with one attached hydrogen (secondary N) is 2. The van der Waals surface area contributed by atoms with Gasteiger partial charge in [0.15, 0.2) is 0 Å². The number of amides is 1. The van der Waals surface area contributed by atoms with Gasteiger partial charge in [-0.25, -0.2) is 0 Å². The summed E-state index contributed by atoms with van der Waals surface area (Å²) in [7, 11) is 1.68. The number of benzene rings is 1. The molecule has 6 heteroatoms. The molecule has 24 heavy (non-hydrogen) atoms. The minimum atomic E-state index is -0.462. The highest BCUT2D eigenvalue weighted by molar-refractivity contribution is 5.88. The van der Waals surface area contributed by atoms with Gasteiger partial charge in [0.05, 0.1) is 12.0 Å². The van der Waals surface area contributed by atoms with E-state index in [0.29, 0.717) is 26.4 Å². The Bertz CT molecular complexity index is 505. The Morgan fingerprint density at radius 3 is 2.58 bits per heavy atom. The Labute approximate surface area is 150 Å². The first-order valence-electron chi connectivity index (χ1n) is 8.32. The van der Waals surface area contributed by atoms with E-state index >= 15 is 0 Å². The van der Waals surface area contributed by atoms with Crippen LogP contribution in [-0.4, -0.2) is 52.5 Å². The molecule has 0 spiro atoms. The zero-order valence-electron chi connectivity index (χ0n) is 14.6. The summed E-state index contributed by atoms with van der Waals surface area (Å²) in [5.41, 5.74) is 1.84. The highest BCUT2D eigenvalue weighted by Crippen LogP contribution is 2.36. The summed E-state index contributed by atoms with van der Waals surface area (Å²) in [6.45, 7) is 6.18. The number of hydrogen-bond acceptors (Lipinski definition) is 4. The molecule has 1 aliphatic rings. The lowest BCUT2D eigenvalue weighted by molar-refractivity contribution is -0.130. The lowest BCUT2D eigenvalue weighted by Gasteiger charge is -2.37. The van der Waals surface area contributed by atoms with Crippen molar-refractivity contribution in [1.82, 2.24) is 10.6 Å². The number of hydrogen-bond donors (Lipinski definition) is 2. The van der Waals surface area contributed by atoms with Crippen molar-refractivity contribution in [2.24, 2.45) is 0 Å². The average Bonchev–Trinajstić information content (AvgIpc) is 2.59. The van der Waals surface area contributed by atoms with E-state index in [2.05, 4.69) is 29.7 Å². The highest BCUT2D eigenvalue weighted by Gasteiger charge is 2.42. The van der Waals surface area contributed by atoms with Crippen molar-refractivity contribution in [2.75, 3.05) is 46.6 Å². The van der Waals surface area contributed by atoms with Crippen LogP contribution in [-0.2, 0) is 19.7 Å². The van der Waals surface area contributed by atoms with E-state index in [9.17, 15) is 4.79 Å². The molecule has 2 N–H and O–H groups in total. The Morgan fingerprint density at radius 1 is 1.21 bits per heavy atom. The fraction of sp³-hybridized carbons (Fsp3) is 0.611. The van der Waals surface area contributed by atoms with E-state index in [1.54, 1.807) is 7.11 Å². The van der Waals surface area contributed by atoms with E-state index in [0.717, 1.165) is 31.5 Å². The van der Waals surface area contributed by atoms with Crippen LogP contribution in [0.1, 0.15) is 24.0 Å². The van der Waals surface area contributed by atoms with Gasteiger partial charge in [-0.3, -0.25) is 4.79 Å². The van der Waals surface area contributed by atoms with E-state index in [1.165, 1.54) is 5.56 Å². The minimum absolute atomic E-state index is 0. The van der Waals surface area contributed by atoms with Gasteiger partial charge in [0.1, 0.15) is 0 Å². The Balaban J connectivity index is 0.00000288. The fourth-order valence-corrected chi connectivity index (χ4v) is 3.18. The number of carbonyl (C=O) groups excluding carboxylic acids is 1. The molecule has 136 valence electrons. The third-order valence-electron chi connectivity index (χ3n) is 4.51. The first kappa shape index (κ1) is 20.9. The number of methoxy groups -OCH3 is 1. The molecule has 0 atom stereocenters. The maximum absolute atomic E-state index is 12.9. The van der Waals surface area contributed by atoms with Gasteiger partial charge in [0.2, 0.25) is 5.91 Å². The SMILES string of the molecule is COCCNCCNC(=O)C1(c2ccccc2C)CCOCC1.Cl. The van der Waals surface area contributed by atoms with Crippen LogP contribution >= 0.6 is 12.4 Å². The summed E-state index contributed by atoms with van der Waals surface area (Å²) in [6.07, 6.45) is 1.47. The molecule has 1 aromatic carbocycles. The van der Waals surface area contributed by atoms with Crippen molar-refractivity contribution in [3.05, 3.63) is 35.4 Å². The normalized spacial score (nSPS) is 16.2. The van der Waals surface area contributed by atoms with E-state index < -0.39 is 5.41 Å². The summed E-state index contributed by atoms with van der Waals surface area (Å²) in [5.74, 6) is 0.114. The van der Waals surface area contributed by atoms with Crippen molar-refractivity contribution in [3.63, 3.8) is 0 Å². The van der Waals surface area contributed by atoms with E-state index in [-0.39, 0.29) is 18.3 Å². The Morgan fingerprint density at radius 2 is 1.92 bits per heavy atom. The fourth-order valence-electron chi connectivity index (χ4n) is 3.18. The van der Waals surface area contributed by atoms with Gasteiger partial charge >= 0.3 is 0 Å². The second kappa shape index (κ2) is 10.7. The molecule has 0 aliphatic carbocycles. The van der Waals surface area contributed by atoms with Crippen LogP contribution < -0.4 is 10.6 Å². The van der Waals surface area contributed by atoms with Gasteiger partial charge < -0.3 is 20.1 Å². The Hall–Kier alpha value is -1.14. The second-order valence-electron chi connectivity index (χ2n) is 6.01. The number of ether oxygens (including phenoxy) is 2. The predicted octanol–water partition coefficient (Wildman–Crippen LogP) is 1.82. The van der Waals surface area contributed by atoms with Crippen LogP contribution in [0.3, 0.4) is 0 Å². The monoisotopic (exact) mass is 356 g/mol. The van der Waals surface area contributed by atoms with Gasteiger partial charge in [0.25, 0.3) is 0 Å². The summed E-state index contributed by atoms with van der Waals surface area (Å²) in [5, 5.41) is 6.34. The van der Waals surface area contributed by atoms with Crippen molar-refractivity contribution in [3.8, 4) is 0 Å². The maximum atomic E-state index is 12.9. The lowest BCUT2D eigenvalue weighted by Crippen LogP contribution is -2.49. The highest BCUT2D eigenvalue weighted by atomic mass is 35.5. The molecule has 0 unspecified atom stereocenters. The zero-order chi connectivity index (χ0) is 16.5. The van der Waals surface area contributed by atoms with Crippen LogP contribution in [0.15, 0.2) is 24.3 Å². The molecule has 1 aliphatic heterocycles. The number of rotatable bonds is 8. The van der Waals surface area contributed by atoms with Crippen molar-refractivity contribution < 1.29 is 14.3 Å². The topological polar surface area (TPSA) is 59.6 Å². The molecule has 1 aromatic rings. The quantitative estimate of drug-likeness (QED) is 0.697. The number of halogens is 1. The summed E-state index contributed by atoms with van der Waals surface area (Å²) < 4.78 is 10.5. The average molecular weight is 357 g/mol.